The summed E-state index contributed by atoms with van der Waals surface area (Å²) >= 11 is 7.87. The van der Waals surface area contributed by atoms with E-state index in [2.05, 4.69) is 15.5 Å². The van der Waals surface area contributed by atoms with E-state index < -0.39 is 11.8 Å². The van der Waals surface area contributed by atoms with Crippen molar-refractivity contribution in [3.63, 3.8) is 0 Å². The summed E-state index contributed by atoms with van der Waals surface area (Å²) < 4.78 is 10.4. The van der Waals surface area contributed by atoms with Gasteiger partial charge < -0.3 is 19.8 Å². The molecule has 2 aromatic rings. The molecule has 1 aliphatic rings. The first-order chi connectivity index (χ1) is 13.6. The number of carbonyl (C=O) groups excluding carboxylic acids is 2. The van der Waals surface area contributed by atoms with E-state index in [1.165, 1.54) is 13.2 Å². The van der Waals surface area contributed by atoms with E-state index in [0.717, 1.165) is 30.2 Å². The standard InChI is InChI=1S/C19H22ClN3O4S/c1-26-17-3-2-14(20)10-15(17)22-19(25)18(24)21-11-16(13-4-7-27-12-13)23-5-8-28-9-6-23/h2-4,7,10,12,16H,5-6,8-9,11H2,1H3,(H,21,24)(H,22,25). The molecule has 1 aliphatic heterocycles. The molecule has 1 atom stereocenters. The zero-order valence-electron chi connectivity index (χ0n) is 15.4. The van der Waals surface area contributed by atoms with Gasteiger partial charge in [-0.15, -0.1) is 0 Å². The van der Waals surface area contributed by atoms with Crippen LogP contribution in [-0.2, 0) is 9.59 Å². The number of amides is 2. The van der Waals surface area contributed by atoms with Gasteiger partial charge in [0, 0.05) is 41.7 Å². The number of halogens is 1. The molecule has 2 N–H and O–H groups in total. The van der Waals surface area contributed by atoms with Crippen molar-refractivity contribution < 1.29 is 18.7 Å². The van der Waals surface area contributed by atoms with Crippen LogP contribution in [0.3, 0.4) is 0 Å². The fourth-order valence-corrected chi connectivity index (χ4v) is 4.14. The number of nitrogens with one attached hydrogen (secondary N) is 2. The van der Waals surface area contributed by atoms with E-state index in [-0.39, 0.29) is 6.04 Å². The number of benzene rings is 1. The second kappa shape index (κ2) is 9.86. The number of anilines is 1. The molecule has 0 radical (unpaired) electrons. The van der Waals surface area contributed by atoms with Crippen LogP contribution in [0.15, 0.2) is 41.2 Å². The first kappa shape index (κ1) is 20.6. The smallest absolute Gasteiger partial charge is 0.313 e. The highest BCUT2D eigenvalue weighted by molar-refractivity contribution is 7.99. The van der Waals surface area contributed by atoms with Gasteiger partial charge >= 0.3 is 11.8 Å². The van der Waals surface area contributed by atoms with Crippen LogP contribution in [0.1, 0.15) is 11.6 Å². The summed E-state index contributed by atoms with van der Waals surface area (Å²) in [5.41, 5.74) is 1.32. The first-order valence-electron chi connectivity index (χ1n) is 8.85. The van der Waals surface area contributed by atoms with E-state index in [0.29, 0.717) is 23.0 Å². The van der Waals surface area contributed by atoms with Crippen LogP contribution in [0, 0.1) is 0 Å². The molecule has 2 heterocycles. The number of ether oxygens (including phenoxy) is 1. The van der Waals surface area contributed by atoms with E-state index in [9.17, 15) is 9.59 Å². The third-order valence-corrected chi connectivity index (χ3v) is 5.66. The molecule has 0 bridgehead atoms. The molecule has 9 heteroatoms. The SMILES string of the molecule is COc1ccc(Cl)cc1NC(=O)C(=O)NCC(c1ccoc1)N1CCSCC1. The Labute approximate surface area is 172 Å². The van der Waals surface area contributed by atoms with E-state index in [1.54, 1.807) is 24.7 Å². The summed E-state index contributed by atoms with van der Waals surface area (Å²) in [7, 11) is 1.48. The molecule has 0 saturated carbocycles. The molecule has 2 amide bonds. The lowest BCUT2D eigenvalue weighted by Gasteiger charge is -2.33. The van der Waals surface area contributed by atoms with Crippen molar-refractivity contribution in [1.29, 1.82) is 0 Å². The fourth-order valence-electron chi connectivity index (χ4n) is 3.04. The van der Waals surface area contributed by atoms with Crippen molar-refractivity contribution in [2.45, 2.75) is 6.04 Å². The predicted molar refractivity (Wildman–Crippen MR) is 110 cm³/mol. The summed E-state index contributed by atoms with van der Waals surface area (Å²) in [6.45, 7) is 2.15. The van der Waals surface area contributed by atoms with Crippen molar-refractivity contribution >= 4 is 40.9 Å². The Kier molecular flexibility index (Phi) is 7.24. The minimum atomic E-state index is -0.777. The molecular formula is C19H22ClN3O4S. The van der Waals surface area contributed by atoms with E-state index >= 15 is 0 Å². The lowest BCUT2D eigenvalue weighted by Crippen LogP contribution is -2.44. The molecule has 1 aromatic heterocycles. The van der Waals surface area contributed by atoms with Crippen LogP contribution in [0.5, 0.6) is 5.75 Å². The van der Waals surface area contributed by atoms with E-state index in [4.69, 9.17) is 20.8 Å². The largest absolute Gasteiger partial charge is 0.495 e. The lowest BCUT2D eigenvalue weighted by atomic mass is 10.1. The first-order valence-corrected chi connectivity index (χ1v) is 10.4. The average Bonchev–Trinajstić information content (AvgIpc) is 3.23. The number of hydrogen-bond acceptors (Lipinski definition) is 6. The number of furan rings is 1. The molecular weight excluding hydrogens is 402 g/mol. The minimum absolute atomic E-state index is 0.0443. The second-order valence-electron chi connectivity index (χ2n) is 6.23. The van der Waals surface area contributed by atoms with Crippen molar-refractivity contribution in [3.8, 4) is 5.75 Å². The van der Waals surface area contributed by atoms with Crippen LogP contribution in [0.4, 0.5) is 5.69 Å². The number of rotatable bonds is 6. The fraction of sp³-hybridized carbons (Fsp3) is 0.368. The highest BCUT2D eigenvalue weighted by atomic mass is 35.5. The lowest BCUT2D eigenvalue weighted by molar-refractivity contribution is -0.136. The van der Waals surface area contributed by atoms with Crippen LogP contribution in [0.25, 0.3) is 0 Å². The second-order valence-corrected chi connectivity index (χ2v) is 7.89. The quantitative estimate of drug-likeness (QED) is 0.695. The third kappa shape index (κ3) is 5.21. The Balaban J connectivity index is 1.62. The van der Waals surface area contributed by atoms with Gasteiger partial charge in [-0.25, -0.2) is 0 Å². The van der Waals surface area contributed by atoms with Crippen LogP contribution >= 0.6 is 23.4 Å². The van der Waals surface area contributed by atoms with Crippen molar-refractivity contribution in [1.82, 2.24) is 10.2 Å². The van der Waals surface area contributed by atoms with Gasteiger partial charge in [0.25, 0.3) is 0 Å². The Bertz CT molecular complexity index is 810. The number of nitrogens with zero attached hydrogens (tertiary/aromatic N) is 1. The van der Waals surface area contributed by atoms with Gasteiger partial charge in [0.05, 0.1) is 31.4 Å². The summed E-state index contributed by atoms with van der Waals surface area (Å²) in [4.78, 5) is 26.9. The maximum absolute atomic E-state index is 12.3. The zero-order chi connectivity index (χ0) is 19.9. The number of carbonyl (C=O) groups is 2. The van der Waals surface area contributed by atoms with Crippen LogP contribution in [-0.4, -0.2) is 55.0 Å². The molecule has 0 aliphatic carbocycles. The summed E-state index contributed by atoms with van der Waals surface area (Å²) in [6.07, 6.45) is 3.29. The Morgan fingerprint density at radius 3 is 2.75 bits per heavy atom. The van der Waals surface area contributed by atoms with Gasteiger partial charge in [0.15, 0.2) is 0 Å². The van der Waals surface area contributed by atoms with E-state index in [1.807, 2.05) is 17.8 Å². The average molecular weight is 424 g/mol. The van der Waals surface area contributed by atoms with Crippen LogP contribution < -0.4 is 15.4 Å². The molecule has 1 fully saturated rings. The molecule has 28 heavy (non-hydrogen) atoms. The summed E-state index contributed by atoms with van der Waals surface area (Å²) in [5.74, 6) is 1.00. The van der Waals surface area contributed by atoms with Crippen molar-refractivity contribution in [2.75, 3.05) is 43.6 Å². The highest BCUT2D eigenvalue weighted by Crippen LogP contribution is 2.28. The van der Waals surface area contributed by atoms with Gasteiger partial charge in [0.2, 0.25) is 0 Å². The van der Waals surface area contributed by atoms with Gasteiger partial charge in [-0.1, -0.05) is 11.6 Å². The molecule has 3 rings (SSSR count). The molecule has 0 spiro atoms. The Morgan fingerprint density at radius 1 is 1.29 bits per heavy atom. The van der Waals surface area contributed by atoms with Crippen LogP contribution in [0.2, 0.25) is 5.02 Å². The highest BCUT2D eigenvalue weighted by Gasteiger charge is 2.25. The molecule has 7 nitrogen and oxygen atoms in total. The van der Waals surface area contributed by atoms with Gasteiger partial charge in [-0.2, -0.15) is 11.8 Å². The number of methoxy groups -OCH3 is 1. The third-order valence-electron chi connectivity index (χ3n) is 4.49. The maximum atomic E-state index is 12.3. The van der Waals surface area contributed by atoms with Gasteiger partial charge in [-0.05, 0) is 24.3 Å². The zero-order valence-corrected chi connectivity index (χ0v) is 17.0. The van der Waals surface area contributed by atoms with Gasteiger partial charge in [-0.3, -0.25) is 14.5 Å². The predicted octanol–water partition coefficient (Wildman–Crippen LogP) is 2.79. The minimum Gasteiger partial charge on any atom is -0.495 e. The molecule has 150 valence electrons. The normalized spacial score (nSPS) is 15.6. The molecule has 1 aromatic carbocycles. The number of thioether (sulfide) groups is 1. The molecule has 1 unspecified atom stereocenters. The summed E-state index contributed by atoms with van der Waals surface area (Å²) in [6, 6.07) is 6.64. The van der Waals surface area contributed by atoms with Crippen molar-refractivity contribution in [2.24, 2.45) is 0 Å². The topological polar surface area (TPSA) is 83.8 Å². The molecule has 1 saturated heterocycles. The monoisotopic (exact) mass is 423 g/mol. The Morgan fingerprint density at radius 2 is 2.07 bits per heavy atom. The Hall–Kier alpha value is -2.16. The maximum Gasteiger partial charge on any atom is 0.313 e. The summed E-state index contributed by atoms with van der Waals surface area (Å²) in [5, 5.41) is 5.70. The van der Waals surface area contributed by atoms with Crippen molar-refractivity contribution in [3.05, 3.63) is 47.4 Å². The van der Waals surface area contributed by atoms with Gasteiger partial charge in [0.1, 0.15) is 5.75 Å². The number of hydrogen-bond donors (Lipinski definition) is 2.